The normalized spacial score (nSPS) is 10.9. The van der Waals surface area contributed by atoms with Crippen molar-refractivity contribution in [3.8, 4) is 0 Å². The third-order valence-electron chi connectivity index (χ3n) is 1.95. The highest BCUT2D eigenvalue weighted by Crippen LogP contribution is 2.25. The molecular formula is C9H8ClNOS. The van der Waals surface area contributed by atoms with Gasteiger partial charge in [0.15, 0.2) is 5.58 Å². The van der Waals surface area contributed by atoms with E-state index in [0.29, 0.717) is 9.86 Å². The Bertz CT molecular complexity index is 500. The lowest BCUT2D eigenvalue weighted by atomic mass is 10.3. The molecular weight excluding hydrogens is 206 g/mol. The molecule has 0 aliphatic rings. The van der Waals surface area contributed by atoms with E-state index in [1.54, 1.807) is 0 Å². The molecule has 0 bridgehead atoms. The first-order valence-electron chi connectivity index (χ1n) is 4.02. The Balaban J connectivity index is 2.96. The van der Waals surface area contributed by atoms with Gasteiger partial charge >= 0.3 is 0 Å². The number of aryl methyl sites for hydroxylation is 1. The lowest BCUT2D eigenvalue weighted by Gasteiger charge is -1.98. The lowest BCUT2D eigenvalue weighted by Crippen LogP contribution is -1.92. The minimum Gasteiger partial charge on any atom is -0.429 e. The van der Waals surface area contributed by atoms with Crippen LogP contribution in [0.25, 0.3) is 11.1 Å². The van der Waals surface area contributed by atoms with E-state index in [4.69, 9.17) is 28.2 Å². The van der Waals surface area contributed by atoms with E-state index < -0.39 is 0 Å². The number of benzene rings is 1. The summed E-state index contributed by atoms with van der Waals surface area (Å²) in [6.45, 7) is 2.78. The summed E-state index contributed by atoms with van der Waals surface area (Å²) in [5, 5.41) is 0.680. The van der Waals surface area contributed by atoms with Gasteiger partial charge in [-0.15, -0.1) is 0 Å². The van der Waals surface area contributed by atoms with Crippen molar-refractivity contribution in [3.05, 3.63) is 28.1 Å². The number of oxazole rings is 1. The molecule has 1 heterocycles. The van der Waals surface area contributed by atoms with E-state index in [1.165, 1.54) is 0 Å². The van der Waals surface area contributed by atoms with Crippen molar-refractivity contribution in [2.45, 2.75) is 13.5 Å². The second-order valence-corrected chi connectivity index (χ2v) is 3.46. The van der Waals surface area contributed by atoms with Crippen LogP contribution in [0.3, 0.4) is 0 Å². The Labute approximate surface area is 85.7 Å². The number of para-hydroxylation sites is 1. The number of nitrogens with zero attached hydrogens (tertiary/aromatic N) is 1. The third kappa shape index (κ3) is 1.28. The van der Waals surface area contributed by atoms with Crippen molar-refractivity contribution in [3.63, 3.8) is 0 Å². The molecule has 0 aliphatic carbocycles. The highest BCUT2D eigenvalue weighted by atomic mass is 35.5. The summed E-state index contributed by atoms with van der Waals surface area (Å²) in [5.41, 5.74) is 1.64. The van der Waals surface area contributed by atoms with Crippen LogP contribution in [0.15, 0.2) is 22.6 Å². The summed E-state index contributed by atoms with van der Waals surface area (Å²) in [6, 6.07) is 5.55. The lowest BCUT2D eigenvalue weighted by molar-refractivity contribution is 0.544. The van der Waals surface area contributed by atoms with Crippen LogP contribution in [0.5, 0.6) is 0 Å². The standard InChI is InChI=1S/C9H8ClNOS/c1-2-11-8-6(10)4-3-5-7(8)12-9(11)13/h3-5H,2H2,1H3. The molecule has 1 aromatic heterocycles. The number of aromatic nitrogens is 1. The molecule has 68 valence electrons. The van der Waals surface area contributed by atoms with Crippen molar-refractivity contribution in [1.29, 1.82) is 0 Å². The fourth-order valence-electron chi connectivity index (χ4n) is 1.37. The van der Waals surface area contributed by atoms with Crippen molar-refractivity contribution in [2.75, 3.05) is 0 Å². The van der Waals surface area contributed by atoms with Gasteiger partial charge in [-0.25, -0.2) is 0 Å². The molecule has 0 fully saturated rings. The van der Waals surface area contributed by atoms with Gasteiger partial charge in [-0.1, -0.05) is 17.7 Å². The van der Waals surface area contributed by atoms with Crippen molar-refractivity contribution >= 4 is 34.9 Å². The van der Waals surface area contributed by atoms with Gasteiger partial charge in [0.2, 0.25) is 0 Å². The highest BCUT2D eigenvalue weighted by Gasteiger charge is 2.07. The van der Waals surface area contributed by atoms with E-state index in [-0.39, 0.29) is 0 Å². The summed E-state index contributed by atoms with van der Waals surface area (Å²) in [6.07, 6.45) is 0. The molecule has 0 amide bonds. The van der Waals surface area contributed by atoms with Gasteiger partial charge in [-0.3, -0.25) is 4.57 Å². The molecule has 2 aromatic rings. The van der Waals surface area contributed by atoms with Gasteiger partial charge in [-0.2, -0.15) is 0 Å². The van der Waals surface area contributed by atoms with Gasteiger partial charge < -0.3 is 4.42 Å². The molecule has 13 heavy (non-hydrogen) atoms. The van der Waals surface area contributed by atoms with E-state index in [1.807, 2.05) is 29.7 Å². The highest BCUT2D eigenvalue weighted by molar-refractivity contribution is 7.71. The average molecular weight is 214 g/mol. The zero-order valence-corrected chi connectivity index (χ0v) is 8.65. The monoisotopic (exact) mass is 213 g/mol. The minimum absolute atomic E-state index is 0.477. The second kappa shape index (κ2) is 3.16. The third-order valence-corrected chi connectivity index (χ3v) is 2.56. The van der Waals surface area contributed by atoms with Crippen molar-refractivity contribution < 1.29 is 4.42 Å². The molecule has 0 unspecified atom stereocenters. The minimum atomic E-state index is 0.477. The Hall–Kier alpha value is -0.800. The molecule has 0 N–H and O–H groups in total. The molecule has 2 nitrogen and oxygen atoms in total. The van der Waals surface area contributed by atoms with Crippen LogP contribution in [-0.2, 0) is 6.54 Å². The van der Waals surface area contributed by atoms with Gasteiger partial charge in [0.05, 0.1) is 5.02 Å². The van der Waals surface area contributed by atoms with Gasteiger partial charge in [0.25, 0.3) is 4.84 Å². The Morgan fingerprint density at radius 2 is 2.31 bits per heavy atom. The molecule has 4 heteroatoms. The zero-order valence-electron chi connectivity index (χ0n) is 7.08. The van der Waals surface area contributed by atoms with Crippen molar-refractivity contribution in [2.24, 2.45) is 0 Å². The Morgan fingerprint density at radius 3 is 3.00 bits per heavy atom. The van der Waals surface area contributed by atoms with Crippen LogP contribution < -0.4 is 0 Å². The number of halogens is 1. The molecule has 0 saturated carbocycles. The predicted octanol–water partition coefficient (Wildman–Crippen LogP) is 3.64. The van der Waals surface area contributed by atoms with Crippen LogP contribution in [-0.4, -0.2) is 4.57 Å². The van der Waals surface area contributed by atoms with Crippen LogP contribution in [0, 0.1) is 4.84 Å². The molecule has 1 aromatic carbocycles. The molecule has 0 saturated heterocycles. The second-order valence-electron chi connectivity index (χ2n) is 2.70. The summed E-state index contributed by atoms with van der Waals surface area (Å²) < 4.78 is 7.25. The summed E-state index contributed by atoms with van der Waals surface area (Å²) in [5.74, 6) is 0. The van der Waals surface area contributed by atoms with E-state index in [2.05, 4.69) is 0 Å². The summed E-state index contributed by atoms with van der Waals surface area (Å²) >= 11 is 11.1. The van der Waals surface area contributed by atoms with Crippen LogP contribution in [0.4, 0.5) is 0 Å². The molecule has 0 radical (unpaired) electrons. The molecule has 0 aliphatic heterocycles. The Kier molecular flexibility index (Phi) is 2.14. The maximum absolute atomic E-state index is 6.03. The van der Waals surface area contributed by atoms with Crippen LogP contribution in [0.1, 0.15) is 6.92 Å². The summed E-state index contributed by atoms with van der Waals surface area (Å²) in [4.78, 5) is 0.477. The van der Waals surface area contributed by atoms with E-state index in [9.17, 15) is 0 Å². The fraction of sp³-hybridized carbons (Fsp3) is 0.222. The SMILES string of the molecule is CCn1c(=S)oc2cccc(Cl)c21. The maximum atomic E-state index is 6.03. The molecule has 0 atom stereocenters. The zero-order chi connectivity index (χ0) is 9.42. The average Bonchev–Trinajstić information content (AvgIpc) is 2.42. The fourth-order valence-corrected chi connectivity index (χ4v) is 1.95. The first kappa shape index (κ1) is 8.78. The molecule has 0 spiro atoms. The number of hydrogen-bond acceptors (Lipinski definition) is 2. The smallest absolute Gasteiger partial charge is 0.269 e. The van der Waals surface area contributed by atoms with Gasteiger partial charge in [0.1, 0.15) is 5.52 Å². The van der Waals surface area contributed by atoms with Gasteiger partial charge in [0, 0.05) is 6.54 Å². The van der Waals surface area contributed by atoms with Crippen molar-refractivity contribution in [1.82, 2.24) is 4.57 Å². The summed E-state index contributed by atoms with van der Waals surface area (Å²) in [7, 11) is 0. The van der Waals surface area contributed by atoms with Crippen LogP contribution in [0.2, 0.25) is 5.02 Å². The van der Waals surface area contributed by atoms with Gasteiger partial charge in [-0.05, 0) is 31.3 Å². The van der Waals surface area contributed by atoms with E-state index >= 15 is 0 Å². The quantitative estimate of drug-likeness (QED) is 0.674. The first-order valence-corrected chi connectivity index (χ1v) is 4.80. The number of rotatable bonds is 1. The number of hydrogen-bond donors (Lipinski definition) is 0. The molecule has 2 rings (SSSR count). The first-order chi connectivity index (χ1) is 6.24. The number of fused-ring (bicyclic) bond motifs is 1. The van der Waals surface area contributed by atoms with Crippen LogP contribution >= 0.6 is 23.8 Å². The maximum Gasteiger partial charge on any atom is 0.269 e. The largest absolute Gasteiger partial charge is 0.429 e. The topological polar surface area (TPSA) is 18.1 Å². The predicted molar refractivity (Wildman–Crippen MR) is 55.7 cm³/mol. The van der Waals surface area contributed by atoms with E-state index in [0.717, 1.165) is 17.6 Å². The Morgan fingerprint density at radius 1 is 1.54 bits per heavy atom.